The summed E-state index contributed by atoms with van der Waals surface area (Å²) in [7, 11) is 0. The Hall–Kier alpha value is -0.0800. The van der Waals surface area contributed by atoms with Crippen molar-refractivity contribution in [3.8, 4) is 0 Å². The Balaban J connectivity index is 3.88. The van der Waals surface area contributed by atoms with E-state index in [1.54, 1.807) is 0 Å². The highest BCUT2D eigenvalue weighted by Gasteiger charge is 2.21. The zero-order valence-corrected chi connectivity index (χ0v) is 8.03. The van der Waals surface area contributed by atoms with Crippen LogP contribution < -0.4 is 4.84 Å². The van der Waals surface area contributed by atoms with Crippen LogP contribution in [0.1, 0.15) is 33.6 Å². The van der Waals surface area contributed by atoms with E-state index in [1.165, 1.54) is 0 Å². The number of hydrogen-bond acceptors (Lipinski definition) is 2. The maximum absolute atomic E-state index is 10.3. The second-order valence-electron chi connectivity index (χ2n) is 3.41. The van der Waals surface area contributed by atoms with Gasteiger partial charge in [0.2, 0.25) is 6.29 Å². The number of hydrogen-bond donors (Lipinski definition) is 1. The van der Waals surface area contributed by atoms with Crippen molar-refractivity contribution >= 4 is 18.1 Å². The van der Waals surface area contributed by atoms with Gasteiger partial charge in [0.25, 0.3) is 0 Å². The molecule has 0 aliphatic carbocycles. The predicted molar refractivity (Wildman–Crippen MR) is 47.2 cm³/mol. The Morgan fingerprint density at radius 3 is 2.45 bits per heavy atom. The predicted octanol–water partition coefficient (Wildman–Crippen LogP) is 2.03. The van der Waals surface area contributed by atoms with Gasteiger partial charge in [0.15, 0.2) is 0 Å². The molecule has 0 aliphatic rings. The van der Waals surface area contributed by atoms with E-state index in [2.05, 4.69) is 4.84 Å². The van der Waals surface area contributed by atoms with Gasteiger partial charge in [0.05, 0.1) is 0 Å². The molecule has 1 atom stereocenters. The first-order chi connectivity index (χ1) is 5.05. The fourth-order valence-corrected chi connectivity index (χ4v) is 1.00. The molecule has 0 rings (SSSR count). The largest absolute Gasteiger partial charge is 0.291 e. The molecule has 0 spiro atoms. The Kier molecular flexibility index (Phi) is 4.69. The summed E-state index contributed by atoms with van der Waals surface area (Å²) < 4.78 is 0. The first-order valence-electron chi connectivity index (χ1n) is 3.81. The van der Waals surface area contributed by atoms with Gasteiger partial charge in [-0.25, -0.2) is 4.84 Å². The molecule has 0 saturated carbocycles. The van der Waals surface area contributed by atoms with E-state index in [9.17, 15) is 4.79 Å². The number of nitrogens with one attached hydrogen (secondary N) is 1. The van der Waals surface area contributed by atoms with Crippen LogP contribution in [0, 0.1) is 5.92 Å². The minimum Gasteiger partial charge on any atom is -0.291 e. The molecule has 2 nitrogen and oxygen atoms in total. The Bertz CT molecular complexity index is 125. The van der Waals surface area contributed by atoms with Gasteiger partial charge in [-0.1, -0.05) is 6.92 Å². The van der Waals surface area contributed by atoms with Crippen LogP contribution in [0.15, 0.2) is 0 Å². The molecule has 0 fully saturated rings. The van der Waals surface area contributed by atoms with E-state index in [0.29, 0.717) is 0 Å². The van der Waals surface area contributed by atoms with Crippen molar-refractivity contribution in [2.45, 2.75) is 39.2 Å². The Morgan fingerprint density at radius 2 is 2.18 bits per heavy atom. The lowest BCUT2D eigenvalue weighted by Gasteiger charge is -2.24. The molecule has 0 aromatic carbocycles. The van der Waals surface area contributed by atoms with Gasteiger partial charge in [0.1, 0.15) is 0 Å². The normalized spacial score (nSPS) is 14.5. The smallest absolute Gasteiger partial charge is 0.201 e. The fourth-order valence-electron chi connectivity index (χ4n) is 0.924. The molecule has 1 radical (unpaired) electrons. The third-order valence-corrected chi connectivity index (χ3v) is 2.18. The monoisotopic (exact) mass is 176 g/mol. The number of carbonyl (C=O) groups excluding carboxylic acids is 1. The molecule has 11 heavy (non-hydrogen) atoms. The highest BCUT2D eigenvalue weighted by Crippen LogP contribution is 2.17. The third-order valence-electron chi connectivity index (χ3n) is 1.67. The summed E-state index contributed by atoms with van der Waals surface area (Å²) in [5, 5.41) is 0. The minimum absolute atomic E-state index is 0.00347. The number of rotatable bonds is 5. The van der Waals surface area contributed by atoms with Crippen molar-refractivity contribution in [1.82, 2.24) is 4.84 Å². The summed E-state index contributed by atoms with van der Waals surface area (Å²) in [6.45, 7) is 5.89. The topological polar surface area (TPSA) is 29.1 Å². The summed E-state index contributed by atoms with van der Waals surface area (Å²) in [5.41, 5.74) is -0.181. The van der Waals surface area contributed by atoms with Crippen LogP contribution >= 0.6 is 11.8 Å². The van der Waals surface area contributed by atoms with Gasteiger partial charge < -0.3 is 0 Å². The summed E-state index contributed by atoms with van der Waals surface area (Å²) in [4.78, 5) is 13.0. The van der Waals surface area contributed by atoms with Gasteiger partial charge in [-0.05, 0) is 38.5 Å². The van der Waals surface area contributed by atoms with Crippen LogP contribution in [0.4, 0.5) is 0 Å². The van der Waals surface area contributed by atoms with E-state index in [0.717, 1.165) is 12.8 Å². The molecular formula is C8H15ClNO. The molecule has 0 bridgehead atoms. The third kappa shape index (κ3) is 4.38. The number of halogens is 1. The molecule has 0 aromatic heterocycles. The maximum Gasteiger partial charge on any atom is 0.201 e. The van der Waals surface area contributed by atoms with Crippen LogP contribution in [0.2, 0.25) is 0 Å². The second kappa shape index (κ2) is 4.73. The summed E-state index contributed by atoms with van der Waals surface area (Å²) in [6.07, 6.45) is 3.55. The zero-order chi connectivity index (χ0) is 8.91. The quantitative estimate of drug-likeness (QED) is 0.650. The second-order valence-corrected chi connectivity index (χ2v) is 3.59. The van der Waals surface area contributed by atoms with Gasteiger partial charge in [-0.3, -0.25) is 4.79 Å². The van der Waals surface area contributed by atoms with E-state index >= 15 is 0 Å². The first kappa shape index (κ1) is 10.9. The molecular weight excluding hydrogens is 162 g/mol. The van der Waals surface area contributed by atoms with Crippen LogP contribution in [-0.2, 0) is 4.79 Å². The molecule has 0 aliphatic heterocycles. The molecule has 65 valence electrons. The summed E-state index contributed by atoms with van der Waals surface area (Å²) in [5.74, 6) is -0.00347. The standard InChI is InChI=1S/C8H15ClNO/c1-4-7(6-11)5-8(2,3)10-9/h7,10H,4-5H2,1-3H3. The molecule has 0 aromatic rings. The fraction of sp³-hybridized carbons (Fsp3) is 0.875. The molecule has 1 N–H and O–H groups in total. The van der Waals surface area contributed by atoms with Crippen LogP contribution in [0.5, 0.6) is 0 Å². The van der Waals surface area contributed by atoms with E-state index in [4.69, 9.17) is 11.8 Å². The van der Waals surface area contributed by atoms with Crippen molar-refractivity contribution in [1.29, 1.82) is 0 Å². The van der Waals surface area contributed by atoms with Gasteiger partial charge >= 0.3 is 0 Å². The average Bonchev–Trinajstić information content (AvgIpc) is 2.00. The minimum atomic E-state index is -0.181. The average molecular weight is 177 g/mol. The van der Waals surface area contributed by atoms with Gasteiger partial charge in [-0.15, -0.1) is 0 Å². The Labute approximate surface area is 73.4 Å². The lowest BCUT2D eigenvalue weighted by atomic mass is 9.91. The van der Waals surface area contributed by atoms with Crippen LogP contribution in [-0.4, -0.2) is 11.8 Å². The molecule has 0 amide bonds. The van der Waals surface area contributed by atoms with Crippen molar-refractivity contribution in [2.75, 3.05) is 0 Å². The summed E-state index contributed by atoms with van der Waals surface area (Å²) >= 11 is 5.47. The van der Waals surface area contributed by atoms with Crippen LogP contribution in [0.3, 0.4) is 0 Å². The first-order valence-corrected chi connectivity index (χ1v) is 4.19. The van der Waals surface area contributed by atoms with Crippen LogP contribution in [0.25, 0.3) is 0 Å². The van der Waals surface area contributed by atoms with Gasteiger partial charge in [0, 0.05) is 11.5 Å². The highest BCUT2D eigenvalue weighted by atomic mass is 35.5. The molecule has 1 unspecified atom stereocenters. The van der Waals surface area contributed by atoms with Crippen molar-refractivity contribution in [3.05, 3.63) is 0 Å². The van der Waals surface area contributed by atoms with E-state index in [1.807, 2.05) is 27.1 Å². The van der Waals surface area contributed by atoms with E-state index < -0.39 is 0 Å². The molecule has 3 heteroatoms. The highest BCUT2D eigenvalue weighted by molar-refractivity contribution is 6.13. The maximum atomic E-state index is 10.3. The van der Waals surface area contributed by atoms with Crippen molar-refractivity contribution in [2.24, 2.45) is 5.92 Å². The molecule has 0 saturated heterocycles. The van der Waals surface area contributed by atoms with Crippen molar-refractivity contribution in [3.63, 3.8) is 0 Å². The SMILES string of the molecule is CCC([C]=O)CC(C)(C)NCl. The van der Waals surface area contributed by atoms with E-state index in [-0.39, 0.29) is 11.5 Å². The van der Waals surface area contributed by atoms with Crippen molar-refractivity contribution < 1.29 is 4.79 Å². The van der Waals surface area contributed by atoms with Gasteiger partial charge in [-0.2, -0.15) is 0 Å². The zero-order valence-electron chi connectivity index (χ0n) is 7.28. The lowest BCUT2D eigenvalue weighted by Crippen LogP contribution is -2.35. The molecule has 0 heterocycles. The lowest BCUT2D eigenvalue weighted by molar-refractivity contribution is 0.373. The Morgan fingerprint density at radius 1 is 1.64 bits per heavy atom. The summed E-state index contributed by atoms with van der Waals surface area (Å²) in [6, 6.07) is 0.